The number of para-hydroxylation sites is 4. The van der Waals surface area contributed by atoms with Gasteiger partial charge >= 0.3 is 0 Å². The van der Waals surface area contributed by atoms with Gasteiger partial charge < -0.3 is 9.80 Å². The maximum absolute atomic E-state index is 11.4. The molecule has 0 bridgehead atoms. The molecule has 128 valence electrons. The van der Waals surface area contributed by atoms with E-state index in [-0.39, 0.29) is 0 Å². The van der Waals surface area contributed by atoms with Crippen LogP contribution in [0.25, 0.3) is 0 Å². The molecule has 1 heterocycles. The monoisotopic (exact) mass is 370 g/mol. The fraction of sp³-hybridized carbons (Fsp3) is 0.143. The van der Waals surface area contributed by atoms with Gasteiger partial charge in [-0.3, -0.25) is 9.11 Å². The topological polar surface area (TPSA) is 115 Å². The van der Waals surface area contributed by atoms with Crippen LogP contribution in [0.15, 0.2) is 48.5 Å². The van der Waals surface area contributed by atoms with E-state index in [4.69, 9.17) is 0 Å². The average molecular weight is 370 g/mol. The predicted octanol–water partition coefficient (Wildman–Crippen LogP) is 1.97. The van der Waals surface area contributed by atoms with Crippen molar-refractivity contribution in [3.63, 3.8) is 0 Å². The lowest BCUT2D eigenvalue weighted by Gasteiger charge is -2.38. The van der Waals surface area contributed by atoms with Crippen LogP contribution < -0.4 is 9.80 Å². The zero-order valence-corrected chi connectivity index (χ0v) is 13.9. The Morgan fingerprint density at radius 1 is 0.625 bits per heavy atom. The Morgan fingerprint density at radius 3 is 1.08 bits per heavy atom. The fourth-order valence-electron chi connectivity index (χ4n) is 2.71. The molecular weight excluding hydrogens is 356 g/mol. The van der Waals surface area contributed by atoms with Gasteiger partial charge in [0, 0.05) is 0 Å². The number of benzene rings is 2. The van der Waals surface area contributed by atoms with Gasteiger partial charge in [-0.05, 0) is 24.3 Å². The van der Waals surface area contributed by atoms with Gasteiger partial charge in [-0.15, -0.1) is 0 Å². The molecule has 0 radical (unpaired) electrons. The summed E-state index contributed by atoms with van der Waals surface area (Å²) in [4.78, 5) is 2.75. The molecule has 2 aromatic rings. The van der Waals surface area contributed by atoms with Crippen molar-refractivity contribution < 1.29 is 25.9 Å². The maximum atomic E-state index is 11.4. The largest absolute Gasteiger partial charge is 0.321 e. The first-order valence-electron chi connectivity index (χ1n) is 6.79. The lowest BCUT2D eigenvalue weighted by molar-refractivity contribution is 0.480. The Balaban J connectivity index is 2.23. The minimum atomic E-state index is -4.32. The molecule has 8 nitrogen and oxygen atoms in total. The highest BCUT2D eigenvalue weighted by molar-refractivity contribution is 7.86. The lowest BCUT2D eigenvalue weighted by atomic mass is 10.1. The summed E-state index contributed by atoms with van der Waals surface area (Å²) in [5.74, 6) is -1.36. The second kappa shape index (κ2) is 5.74. The Bertz CT molecular complexity index is 860. The summed E-state index contributed by atoms with van der Waals surface area (Å²) < 4.78 is 64.1. The van der Waals surface area contributed by atoms with Crippen LogP contribution >= 0.6 is 0 Å². The standard InChI is InChI=1S/C14H14N2O6S2/c17-23(18,19)9-15-11-5-1-2-6-12(11)16(10-24(20,21)22)14-8-4-3-7-13(14)15/h1-8H,9-10H2,(H,17,18,19)(H,20,21,22). The summed E-state index contributed by atoms with van der Waals surface area (Å²) in [6, 6.07) is 13.1. The Labute approximate surface area is 139 Å². The molecule has 10 heteroatoms. The van der Waals surface area contributed by atoms with Gasteiger partial charge in [-0.1, -0.05) is 24.3 Å². The van der Waals surface area contributed by atoms with E-state index in [0.29, 0.717) is 22.7 Å². The number of nitrogens with zero attached hydrogens (tertiary/aromatic N) is 2. The predicted molar refractivity (Wildman–Crippen MR) is 90.0 cm³/mol. The van der Waals surface area contributed by atoms with Crippen LogP contribution in [0.1, 0.15) is 0 Å². The molecule has 0 fully saturated rings. The van der Waals surface area contributed by atoms with Crippen LogP contribution in [0.4, 0.5) is 22.7 Å². The third-order valence-corrected chi connectivity index (χ3v) is 4.68. The van der Waals surface area contributed by atoms with Crippen molar-refractivity contribution in [3.8, 4) is 0 Å². The van der Waals surface area contributed by atoms with Crippen LogP contribution in [0.5, 0.6) is 0 Å². The number of anilines is 4. The summed E-state index contributed by atoms with van der Waals surface area (Å²) in [7, 11) is -8.64. The van der Waals surface area contributed by atoms with E-state index in [1.165, 1.54) is 9.80 Å². The van der Waals surface area contributed by atoms with E-state index in [1.54, 1.807) is 48.5 Å². The highest BCUT2D eigenvalue weighted by Gasteiger charge is 2.31. The van der Waals surface area contributed by atoms with Gasteiger partial charge in [0.15, 0.2) is 11.8 Å². The molecule has 1 aliphatic heterocycles. The molecule has 0 saturated heterocycles. The van der Waals surface area contributed by atoms with Gasteiger partial charge in [0.05, 0.1) is 22.7 Å². The molecule has 1 aliphatic rings. The van der Waals surface area contributed by atoms with Crippen molar-refractivity contribution >= 4 is 43.0 Å². The highest BCUT2D eigenvalue weighted by atomic mass is 32.2. The summed E-state index contributed by atoms with van der Waals surface area (Å²) in [5.41, 5.74) is 1.60. The van der Waals surface area contributed by atoms with Gasteiger partial charge in [-0.2, -0.15) is 16.8 Å². The minimum Gasteiger partial charge on any atom is -0.321 e. The number of hydrogen-bond acceptors (Lipinski definition) is 6. The third kappa shape index (κ3) is 3.36. The van der Waals surface area contributed by atoms with Crippen molar-refractivity contribution in [1.82, 2.24) is 0 Å². The molecule has 3 rings (SSSR count). The molecule has 0 aromatic heterocycles. The van der Waals surface area contributed by atoms with E-state index >= 15 is 0 Å². The summed E-state index contributed by atoms with van der Waals surface area (Å²) in [5, 5.41) is 0. The van der Waals surface area contributed by atoms with E-state index in [1.807, 2.05) is 0 Å². The van der Waals surface area contributed by atoms with Gasteiger partial charge in [0.25, 0.3) is 20.2 Å². The molecule has 2 N–H and O–H groups in total. The molecule has 24 heavy (non-hydrogen) atoms. The first-order chi connectivity index (χ1) is 11.2. The van der Waals surface area contributed by atoms with E-state index in [0.717, 1.165) is 0 Å². The summed E-state index contributed by atoms with van der Waals surface area (Å²) >= 11 is 0. The number of fused-ring (bicyclic) bond motifs is 2. The quantitative estimate of drug-likeness (QED) is 0.785. The van der Waals surface area contributed by atoms with Gasteiger partial charge in [0.2, 0.25) is 0 Å². The normalized spacial score (nSPS) is 14.2. The summed E-state index contributed by atoms with van der Waals surface area (Å²) in [6.07, 6.45) is 0. The second-order valence-electron chi connectivity index (χ2n) is 5.26. The number of rotatable bonds is 4. The fourth-order valence-corrected chi connectivity index (χ4v) is 3.91. The molecule has 0 aliphatic carbocycles. The smallest absolute Gasteiger partial charge is 0.283 e. The van der Waals surface area contributed by atoms with Crippen molar-refractivity contribution in [3.05, 3.63) is 48.5 Å². The zero-order valence-electron chi connectivity index (χ0n) is 12.3. The summed E-state index contributed by atoms with van der Waals surface area (Å²) in [6.45, 7) is 0. The van der Waals surface area contributed by atoms with Crippen molar-refractivity contribution in [1.29, 1.82) is 0 Å². The van der Waals surface area contributed by atoms with Crippen molar-refractivity contribution in [2.45, 2.75) is 0 Å². The molecule has 0 amide bonds. The zero-order chi connectivity index (χ0) is 17.5. The van der Waals surface area contributed by atoms with Crippen LogP contribution in [0.2, 0.25) is 0 Å². The molecule has 0 spiro atoms. The van der Waals surface area contributed by atoms with Crippen LogP contribution in [0.3, 0.4) is 0 Å². The molecule has 2 aromatic carbocycles. The first-order valence-corrected chi connectivity index (χ1v) is 10.0. The van der Waals surface area contributed by atoms with Gasteiger partial charge in [-0.25, -0.2) is 0 Å². The van der Waals surface area contributed by atoms with Crippen LogP contribution in [0, 0.1) is 0 Å². The maximum Gasteiger partial charge on any atom is 0.283 e. The van der Waals surface area contributed by atoms with Crippen LogP contribution in [-0.2, 0) is 20.2 Å². The van der Waals surface area contributed by atoms with E-state index in [9.17, 15) is 25.9 Å². The second-order valence-corrected chi connectivity index (χ2v) is 8.10. The Morgan fingerprint density at radius 2 is 0.875 bits per heavy atom. The molecule has 0 atom stereocenters. The Hall–Kier alpha value is -2.14. The van der Waals surface area contributed by atoms with Crippen LogP contribution in [-0.4, -0.2) is 37.7 Å². The first kappa shape index (κ1) is 16.7. The lowest BCUT2D eigenvalue weighted by Crippen LogP contribution is -2.35. The SMILES string of the molecule is O=S(=O)(O)CN1c2ccccc2N(CS(=O)(=O)O)c2ccccc21. The van der Waals surface area contributed by atoms with Gasteiger partial charge in [0.1, 0.15) is 0 Å². The molecule has 0 saturated carbocycles. The molecule has 0 unspecified atom stereocenters. The molecular formula is C14H14N2O6S2. The van der Waals surface area contributed by atoms with E-state index < -0.39 is 32.0 Å². The Kier molecular flexibility index (Phi) is 4.00. The number of hydrogen-bond donors (Lipinski definition) is 2. The van der Waals surface area contributed by atoms with Crippen molar-refractivity contribution in [2.75, 3.05) is 21.6 Å². The van der Waals surface area contributed by atoms with E-state index in [2.05, 4.69) is 0 Å². The highest BCUT2D eigenvalue weighted by Crippen LogP contribution is 2.47. The minimum absolute atomic E-state index is 0.400. The average Bonchev–Trinajstić information content (AvgIpc) is 2.48. The van der Waals surface area contributed by atoms with Crippen molar-refractivity contribution in [2.24, 2.45) is 0 Å². The third-order valence-electron chi connectivity index (χ3n) is 3.51.